The molecule has 2 heterocycles. The van der Waals surface area contributed by atoms with Gasteiger partial charge in [-0.15, -0.1) is 0 Å². The normalized spacial score (nSPS) is 17.3. The summed E-state index contributed by atoms with van der Waals surface area (Å²) < 4.78 is 40.7. The number of carbonyl (C=O) groups excluding carboxylic acids is 1. The van der Waals surface area contributed by atoms with Crippen LogP contribution in [0.25, 0.3) is 16.6 Å². The number of carbonyl (C=O) groups is 1. The fourth-order valence-electron chi connectivity index (χ4n) is 4.29. The van der Waals surface area contributed by atoms with E-state index in [0.29, 0.717) is 18.0 Å². The largest absolute Gasteiger partial charge is 0.495 e. The average molecular weight is 493 g/mol. The average Bonchev–Trinajstić information content (AvgIpc) is 3.41. The number of rotatable bonds is 8. The molecular weight excluding hydrogens is 468 g/mol. The first-order chi connectivity index (χ1) is 16.9. The predicted molar refractivity (Wildman–Crippen MR) is 129 cm³/mol. The SMILES string of the molecule is COCC1CC1c1ccc(OC)c(S(=O)(=O)NC(=O)c2ccc3c(-n4cccn4)cccc3n2)c1. The third kappa shape index (κ3) is 4.50. The molecular formula is C25H24N4O5S. The van der Waals surface area contributed by atoms with Crippen LogP contribution >= 0.6 is 0 Å². The lowest BCUT2D eigenvalue weighted by Crippen LogP contribution is -2.31. The Kier molecular flexibility index (Phi) is 6.00. The van der Waals surface area contributed by atoms with Gasteiger partial charge in [-0.05, 0) is 66.3 Å². The van der Waals surface area contributed by atoms with Gasteiger partial charge in [0.2, 0.25) is 0 Å². The Morgan fingerprint density at radius 2 is 2.00 bits per heavy atom. The maximum Gasteiger partial charge on any atom is 0.283 e. The minimum absolute atomic E-state index is 0.0174. The second-order valence-corrected chi connectivity index (χ2v) is 10.0. The summed E-state index contributed by atoms with van der Waals surface area (Å²) in [5, 5.41) is 5.02. The van der Waals surface area contributed by atoms with Gasteiger partial charge in [0.1, 0.15) is 16.3 Å². The quantitative estimate of drug-likeness (QED) is 0.402. The van der Waals surface area contributed by atoms with E-state index in [9.17, 15) is 13.2 Å². The van der Waals surface area contributed by atoms with Gasteiger partial charge >= 0.3 is 0 Å². The molecule has 1 N–H and O–H groups in total. The zero-order valence-electron chi connectivity index (χ0n) is 19.2. The molecule has 1 saturated carbocycles. The molecule has 2 atom stereocenters. The molecule has 4 aromatic rings. The number of pyridine rings is 1. The van der Waals surface area contributed by atoms with Gasteiger partial charge < -0.3 is 9.47 Å². The van der Waals surface area contributed by atoms with Crippen LogP contribution in [-0.4, -0.2) is 49.9 Å². The van der Waals surface area contributed by atoms with Gasteiger partial charge in [0.05, 0.1) is 18.3 Å². The second kappa shape index (κ2) is 9.12. The van der Waals surface area contributed by atoms with Gasteiger partial charge in [0, 0.05) is 31.5 Å². The minimum Gasteiger partial charge on any atom is -0.495 e. The molecule has 0 bridgehead atoms. The molecule has 0 spiro atoms. The summed E-state index contributed by atoms with van der Waals surface area (Å²) in [5.41, 5.74) is 2.19. The van der Waals surface area contributed by atoms with Crippen molar-refractivity contribution in [2.75, 3.05) is 20.8 Å². The number of nitrogens with zero attached hydrogens (tertiary/aromatic N) is 3. The molecule has 0 radical (unpaired) electrons. The first kappa shape index (κ1) is 23.0. The topological polar surface area (TPSA) is 112 Å². The van der Waals surface area contributed by atoms with Crippen LogP contribution in [0.15, 0.2) is 71.9 Å². The van der Waals surface area contributed by atoms with E-state index < -0.39 is 15.9 Å². The second-order valence-electron chi connectivity index (χ2n) is 8.39. The molecule has 1 fully saturated rings. The number of methoxy groups -OCH3 is 2. The Hall–Kier alpha value is -3.76. The van der Waals surface area contributed by atoms with E-state index in [1.165, 1.54) is 13.2 Å². The van der Waals surface area contributed by atoms with Crippen LogP contribution in [0.1, 0.15) is 28.4 Å². The summed E-state index contributed by atoms with van der Waals surface area (Å²) in [6.07, 6.45) is 4.40. The monoisotopic (exact) mass is 492 g/mol. The number of benzene rings is 2. The van der Waals surface area contributed by atoms with Crippen LogP contribution in [-0.2, 0) is 14.8 Å². The molecule has 0 aliphatic heterocycles. The molecule has 35 heavy (non-hydrogen) atoms. The number of sulfonamides is 1. The Labute approximate surface area is 202 Å². The van der Waals surface area contributed by atoms with Crippen molar-refractivity contribution >= 4 is 26.8 Å². The summed E-state index contributed by atoms with van der Waals surface area (Å²) in [7, 11) is -1.18. The highest BCUT2D eigenvalue weighted by molar-refractivity contribution is 7.90. The number of ether oxygens (including phenoxy) is 2. The highest BCUT2D eigenvalue weighted by Gasteiger charge is 2.39. The first-order valence-corrected chi connectivity index (χ1v) is 12.5. The van der Waals surface area contributed by atoms with Gasteiger partial charge in [-0.1, -0.05) is 12.1 Å². The Bertz CT molecular complexity index is 1500. The van der Waals surface area contributed by atoms with Crippen molar-refractivity contribution in [2.45, 2.75) is 17.2 Å². The molecule has 5 rings (SSSR count). The molecule has 0 saturated heterocycles. The number of nitrogens with one attached hydrogen (secondary N) is 1. The third-order valence-corrected chi connectivity index (χ3v) is 7.48. The molecule has 10 heteroatoms. The molecule has 2 aromatic heterocycles. The Balaban J connectivity index is 1.42. The van der Waals surface area contributed by atoms with Crippen molar-refractivity contribution in [1.82, 2.24) is 19.5 Å². The van der Waals surface area contributed by atoms with Crippen LogP contribution < -0.4 is 9.46 Å². The van der Waals surface area contributed by atoms with E-state index in [0.717, 1.165) is 23.1 Å². The van der Waals surface area contributed by atoms with E-state index in [-0.39, 0.29) is 22.3 Å². The highest BCUT2D eigenvalue weighted by atomic mass is 32.2. The van der Waals surface area contributed by atoms with E-state index in [1.807, 2.05) is 24.4 Å². The molecule has 1 aliphatic rings. The smallest absolute Gasteiger partial charge is 0.283 e. The highest BCUT2D eigenvalue weighted by Crippen LogP contribution is 2.48. The van der Waals surface area contributed by atoms with E-state index >= 15 is 0 Å². The predicted octanol–water partition coefficient (Wildman–Crippen LogP) is 3.30. The zero-order chi connectivity index (χ0) is 24.6. The van der Waals surface area contributed by atoms with Crippen molar-refractivity contribution in [3.63, 3.8) is 0 Å². The minimum atomic E-state index is -4.22. The molecule has 1 aliphatic carbocycles. The van der Waals surface area contributed by atoms with E-state index in [4.69, 9.17) is 9.47 Å². The van der Waals surface area contributed by atoms with E-state index in [1.54, 1.807) is 48.3 Å². The first-order valence-electron chi connectivity index (χ1n) is 11.0. The lowest BCUT2D eigenvalue weighted by Gasteiger charge is -2.13. The van der Waals surface area contributed by atoms with Crippen LogP contribution in [0.3, 0.4) is 0 Å². The number of amides is 1. The van der Waals surface area contributed by atoms with Gasteiger partial charge in [-0.3, -0.25) is 4.79 Å². The van der Waals surface area contributed by atoms with E-state index in [2.05, 4.69) is 14.8 Å². The maximum atomic E-state index is 13.2. The summed E-state index contributed by atoms with van der Waals surface area (Å²) in [4.78, 5) is 17.2. The fraction of sp³-hybridized carbons (Fsp3) is 0.240. The lowest BCUT2D eigenvalue weighted by atomic mass is 10.1. The number of hydrogen-bond donors (Lipinski definition) is 1. The van der Waals surface area contributed by atoms with Crippen molar-refractivity contribution in [1.29, 1.82) is 0 Å². The molecule has 9 nitrogen and oxygen atoms in total. The van der Waals surface area contributed by atoms with Crippen LogP contribution in [0.2, 0.25) is 0 Å². The van der Waals surface area contributed by atoms with Crippen LogP contribution in [0, 0.1) is 5.92 Å². The number of aromatic nitrogens is 3. The van der Waals surface area contributed by atoms with Crippen molar-refractivity contribution in [3.05, 3.63) is 78.2 Å². The van der Waals surface area contributed by atoms with Crippen molar-refractivity contribution in [3.8, 4) is 11.4 Å². The van der Waals surface area contributed by atoms with Gasteiger partial charge in [-0.25, -0.2) is 22.8 Å². The number of fused-ring (bicyclic) bond motifs is 1. The lowest BCUT2D eigenvalue weighted by molar-refractivity contribution is 0.0977. The fourth-order valence-corrected chi connectivity index (χ4v) is 5.46. The number of hydrogen-bond acceptors (Lipinski definition) is 7. The molecule has 180 valence electrons. The zero-order valence-corrected chi connectivity index (χ0v) is 20.0. The Morgan fingerprint density at radius 1 is 1.14 bits per heavy atom. The maximum absolute atomic E-state index is 13.2. The van der Waals surface area contributed by atoms with Gasteiger partial charge in [-0.2, -0.15) is 5.10 Å². The summed E-state index contributed by atoms with van der Waals surface area (Å²) in [6.45, 7) is 0.616. The third-order valence-electron chi connectivity index (χ3n) is 6.13. The summed E-state index contributed by atoms with van der Waals surface area (Å²) in [6, 6.07) is 15.5. The van der Waals surface area contributed by atoms with Crippen LogP contribution in [0.4, 0.5) is 0 Å². The van der Waals surface area contributed by atoms with Crippen molar-refractivity contribution in [2.24, 2.45) is 5.92 Å². The summed E-state index contributed by atoms with van der Waals surface area (Å²) in [5.74, 6) is -0.0931. The van der Waals surface area contributed by atoms with Crippen LogP contribution in [0.5, 0.6) is 5.75 Å². The molecule has 1 amide bonds. The van der Waals surface area contributed by atoms with Gasteiger partial charge in [0.25, 0.3) is 15.9 Å². The standard InChI is InChI=1S/C25H24N4O5S/c1-33-15-17-13-19(17)16-7-10-23(34-2)24(14-16)35(31,32)28-25(30)21-9-8-18-20(27-21)5-3-6-22(18)29-12-4-11-26-29/h3-12,14,17,19H,13,15H2,1-2H3,(H,28,30). The summed E-state index contributed by atoms with van der Waals surface area (Å²) >= 11 is 0. The van der Waals surface area contributed by atoms with Crippen molar-refractivity contribution < 1.29 is 22.7 Å². The molecule has 2 aromatic carbocycles. The van der Waals surface area contributed by atoms with Gasteiger partial charge in [0.15, 0.2) is 0 Å². The molecule has 2 unspecified atom stereocenters. The Morgan fingerprint density at radius 3 is 2.74 bits per heavy atom.